The van der Waals surface area contributed by atoms with Gasteiger partial charge in [-0.1, -0.05) is 91.1 Å². The van der Waals surface area contributed by atoms with Gasteiger partial charge >= 0.3 is 0 Å². The number of fused-ring (bicyclic) bond motifs is 8. The minimum atomic E-state index is 1.07. The third kappa shape index (κ3) is 3.21. The van der Waals surface area contributed by atoms with Gasteiger partial charge in [-0.25, -0.2) is 0 Å². The summed E-state index contributed by atoms with van der Waals surface area (Å²) in [4.78, 5) is 2.49. The maximum Gasteiger partial charge on any atom is 0.0541 e. The van der Waals surface area contributed by atoms with Gasteiger partial charge in [0.2, 0.25) is 0 Å². The molecule has 0 atom stereocenters. The number of hydrogen-bond acceptors (Lipinski definition) is 1. The number of aromatic nitrogens is 2. The van der Waals surface area contributed by atoms with Crippen LogP contribution in [0.5, 0.6) is 0 Å². The molecule has 1 aliphatic heterocycles. The summed E-state index contributed by atoms with van der Waals surface area (Å²) in [6.45, 7) is 4.66. The van der Waals surface area contributed by atoms with Crippen molar-refractivity contribution in [3.63, 3.8) is 0 Å². The SMILES string of the molecule is C=C1c2cc(-n3c4ccccc4c4ccccc43)ccc2Sc2ccc(-n3c4ccccc4c4ccccc43)cc21. The molecule has 41 heavy (non-hydrogen) atoms. The van der Waals surface area contributed by atoms with Crippen molar-refractivity contribution in [3.05, 3.63) is 151 Å². The highest BCUT2D eigenvalue weighted by Gasteiger charge is 2.23. The van der Waals surface area contributed by atoms with E-state index in [9.17, 15) is 0 Å². The molecule has 0 bridgehead atoms. The first-order valence-corrected chi connectivity index (χ1v) is 14.7. The van der Waals surface area contributed by atoms with E-state index in [-0.39, 0.29) is 0 Å². The maximum atomic E-state index is 4.66. The Morgan fingerprint density at radius 3 is 1.12 bits per heavy atom. The van der Waals surface area contributed by atoms with E-state index in [2.05, 4.69) is 149 Å². The van der Waals surface area contributed by atoms with Crippen molar-refractivity contribution in [1.29, 1.82) is 0 Å². The van der Waals surface area contributed by atoms with E-state index in [1.54, 1.807) is 0 Å². The number of rotatable bonds is 2. The largest absolute Gasteiger partial charge is 0.309 e. The van der Waals surface area contributed by atoms with Crippen LogP contribution in [0, 0.1) is 0 Å². The highest BCUT2D eigenvalue weighted by atomic mass is 32.2. The zero-order chi connectivity index (χ0) is 27.1. The summed E-state index contributed by atoms with van der Waals surface area (Å²) in [5.41, 5.74) is 10.7. The number of nitrogens with zero attached hydrogens (tertiary/aromatic N) is 2. The van der Waals surface area contributed by atoms with Crippen LogP contribution in [0.25, 0.3) is 60.6 Å². The molecule has 0 spiro atoms. The van der Waals surface area contributed by atoms with Crippen LogP contribution >= 0.6 is 11.8 Å². The molecule has 0 saturated heterocycles. The first-order valence-electron chi connectivity index (χ1n) is 13.9. The van der Waals surface area contributed by atoms with Gasteiger partial charge in [0.1, 0.15) is 0 Å². The van der Waals surface area contributed by atoms with Crippen LogP contribution in [-0.4, -0.2) is 9.13 Å². The Balaban J connectivity index is 1.21. The fourth-order valence-corrected chi connectivity index (χ4v) is 7.72. The second kappa shape index (κ2) is 8.50. The van der Waals surface area contributed by atoms with Crippen LogP contribution in [0.1, 0.15) is 11.1 Å². The van der Waals surface area contributed by atoms with Crippen LogP contribution in [0.2, 0.25) is 0 Å². The van der Waals surface area contributed by atoms with E-state index >= 15 is 0 Å². The minimum Gasteiger partial charge on any atom is -0.309 e. The summed E-state index contributed by atoms with van der Waals surface area (Å²) in [7, 11) is 0. The quantitative estimate of drug-likeness (QED) is 0.212. The molecule has 3 heterocycles. The fraction of sp³-hybridized carbons (Fsp3) is 0. The van der Waals surface area contributed by atoms with E-state index < -0.39 is 0 Å². The van der Waals surface area contributed by atoms with E-state index in [0.717, 1.165) is 16.9 Å². The molecule has 0 amide bonds. The Hall–Kier alpha value is -4.99. The molecule has 0 unspecified atom stereocenters. The summed E-state index contributed by atoms with van der Waals surface area (Å²) in [6, 6.07) is 48.3. The van der Waals surface area contributed by atoms with Gasteiger partial charge in [0.25, 0.3) is 0 Å². The van der Waals surface area contributed by atoms with Gasteiger partial charge in [-0.05, 0) is 77.4 Å². The molecule has 0 radical (unpaired) electrons. The number of para-hydroxylation sites is 4. The van der Waals surface area contributed by atoms with Crippen LogP contribution < -0.4 is 0 Å². The normalized spacial score (nSPS) is 12.8. The van der Waals surface area contributed by atoms with E-state index in [0.29, 0.717) is 0 Å². The summed E-state index contributed by atoms with van der Waals surface area (Å²) in [5.74, 6) is 0. The molecule has 0 fully saturated rings. The molecule has 6 aromatic carbocycles. The average Bonchev–Trinajstić information content (AvgIpc) is 3.54. The standard InChI is InChI=1S/C38H24N2S/c1-24-31-22-25(39-33-14-6-2-10-27(33)28-11-3-7-15-34(28)39)18-20-37(31)41-38-21-19-26(23-32(24)38)40-35-16-8-4-12-29(35)30-13-5-9-17-36(30)40/h2-23H,1H2. The minimum absolute atomic E-state index is 1.07. The zero-order valence-electron chi connectivity index (χ0n) is 22.2. The van der Waals surface area contributed by atoms with Crippen LogP contribution in [0.4, 0.5) is 0 Å². The first-order chi connectivity index (χ1) is 20.3. The average molecular weight is 541 g/mol. The van der Waals surface area contributed by atoms with Gasteiger partial charge < -0.3 is 9.13 Å². The summed E-state index contributed by atoms with van der Waals surface area (Å²) < 4.78 is 4.76. The third-order valence-electron chi connectivity index (χ3n) is 8.47. The van der Waals surface area contributed by atoms with Crippen molar-refractivity contribution in [2.24, 2.45) is 0 Å². The molecule has 1 aliphatic rings. The lowest BCUT2D eigenvalue weighted by Crippen LogP contribution is -2.03. The summed E-state index contributed by atoms with van der Waals surface area (Å²) in [6.07, 6.45) is 0. The lowest BCUT2D eigenvalue weighted by Gasteiger charge is -2.23. The Morgan fingerprint density at radius 2 is 0.756 bits per heavy atom. The van der Waals surface area contributed by atoms with E-state index in [4.69, 9.17) is 0 Å². The zero-order valence-corrected chi connectivity index (χ0v) is 23.0. The second-order valence-corrected chi connectivity index (χ2v) is 11.8. The lowest BCUT2D eigenvalue weighted by molar-refractivity contribution is 1.14. The number of hydrogen-bond donors (Lipinski definition) is 0. The van der Waals surface area contributed by atoms with Crippen molar-refractivity contribution >= 4 is 60.9 Å². The molecule has 2 nitrogen and oxygen atoms in total. The van der Waals surface area contributed by atoms with Gasteiger partial charge in [-0.2, -0.15) is 0 Å². The molecule has 3 heteroatoms. The second-order valence-electron chi connectivity index (χ2n) is 10.7. The Labute approximate surface area is 241 Å². The molecule has 2 aromatic heterocycles. The summed E-state index contributed by atoms with van der Waals surface area (Å²) >= 11 is 1.83. The highest BCUT2D eigenvalue weighted by Crippen LogP contribution is 2.47. The highest BCUT2D eigenvalue weighted by molar-refractivity contribution is 7.99. The molecular formula is C38H24N2S. The summed E-state index contributed by atoms with van der Waals surface area (Å²) in [5, 5.41) is 5.09. The van der Waals surface area contributed by atoms with Gasteiger partial charge in [-0.3, -0.25) is 0 Å². The molecule has 0 saturated carbocycles. The van der Waals surface area contributed by atoms with Crippen LogP contribution in [-0.2, 0) is 0 Å². The Kier molecular flexibility index (Phi) is 4.73. The lowest BCUT2D eigenvalue weighted by atomic mass is 9.97. The molecule has 9 rings (SSSR count). The maximum absolute atomic E-state index is 4.66. The van der Waals surface area contributed by atoms with Gasteiger partial charge in [0.15, 0.2) is 0 Å². The van der Waals surface area contributed by atoms with Crippen molar-refractivity contribution in [3.8, 4) is 11.4 Å². The third-order valence-corrected chi connectivity index (χ3v) is 9.62. The fourth-order valence-electron chi connectivity index (χ4n) is 6.63. The van der Waals surface area contributed by atoms with Gasteiger partial charge in [0.05, 0.1) is 22.1 Å². The molecule has 0 aliphatic carbocycles. The van der Waals surface area contributed by atoms with Crippen LogP contribution in [0.15, 0.2) is 150 Å². The Morgan fingerprint density at radius 1 is 0.415 bits per heavy atom. The van der Waals surface area contributed by atoms with Crippen molar-refractivity contribution in [1.82, 2.24) is 9.13 Å². The topological polar surface area (TPSA) is 9.86 Å². The monoisotopic (exact) mass is 540 g/mol. The molecule has 0 N–H and O–H groups in total. The Bertz CT molecular complexity index is 2100. The molecular weight excluding hydrogens is 516 g/mol. The van der Waals surface area contributed by atoms with Crippen molar-refractivity contribution in [2.45, 2.75) is 9.79 Å². The first kappa shape index (κ1) is 22.8. The van der Waals surface area contributed by atoms with E-state index in [1.807, 2.05) is 11.8 Å². The molecule has 192 valence electrons. The van der Waals surface area contributed by atoms with Gasteiger partial charge in [0, 0.05) is 42.7 Å². The van der Waals surface area contributed by atoms with Crippen molar-refractivity contribution in [2.75, 3.05) is 0 Å². The van der Waals surface area contributed by atoms with Crippen molar-refractivity contribution < 1.29 is 0 Å². The predicted molar refractivity (Wildman–Crippen MR) is 174 cm³/mol. The number of benzene rings is 6. The van der Waals surface area contributed by atoms with E-state index in [1.165, 1.54) is 64.5 Å². The molecule has 8 aromatic rings. The van der Waals surface area contributed by atoms with Gasteiger partial charge in [-0.15, -0.1) is 0 Å². The predicted octanol–water partition coefficient (Wildman–Crippen LogP) is 10.4. The smallest absolute Gasteiger partial charge is 0.0541 e. The van der Waals surface area contributed by atoms with Crippen LogP contribution in [0.3, 0.4) is 0 Å².